The standard InChI is InChI=1S/C23H22N2O2S/c26-23(27-17-18-9-3-1-4-10-18)25-16-8-14-21(25)20-13-7-15-24-22(20)28-19-11-5-2-6-12-19/h1-7,9-13,15,21H,8,14,16-17H2/t21-/m1/s1. The predicted octanol–water partition coefficient (Wildman–Crippen LogP) is 5.71. The normalized spacial score (nSPS) is 16.1. The van der Waals surface area contributed by atoms with Crippen molar-refractivity contribution in [2.24, 2.45) is 0 Å². The third kappa shape index (κ3) is 4.37. The lowest BCUT2D eigenvalue weighted by Gasteiger charge is -2.25. The molecule has 28 heavy (non-hydrogen) atoms. The molecule has 1 amide bonds. The van der Waals surface area contributed by atoms with Crippen molar-refractivity contribution in [1.29, 1.82) is 0 Å². The highest BCUT2D eigenvalue weighted by molar-refractivity contribution is 7.99. The first-order valence-corrected chi connectivity index (χ1v) is 10.3. The molecule has 0 aliphatic carbocycles. The number of likely N-dealkylation sites (tertiary alicyclic amines) is 1. The Morgan fingerprint density at radius 2 is 1.79 bits per heavy atom. The van der Waals surface area contributed by atoms with E-state index in [1.807, 2.05) is 65.7 Å². The van der Waals surface area contributed by atoms with Gasteiger partial charge in [-0.1, -0.05) is 66.4 Å². The third-order valence-electron chi connectivity index (χ3n) is 4.81. The molecule has 1 saturated heterocycles. The van der Waals surface area contributed by atoms with Gasteiger partial charge in [0.2, 0.25) is 0 Å². The summed E-state index contributed by atoms with van der Waals surface area (Å²) >= 11 is 1.64. The number of ether oxygens (including phenoxy) is 1. The first-order chi connectivity index (χ1) is 13.8. The van der Waals surface area contributed by atoms with Crippen molar-refractivity contribution in [2.75, 3.05) is 6.54 Å². The molecular weight excluding hydrogens is 368 g/mol. The molecule has 5 heteroatoms. The molecule has 0 unspecified atom stereocenters. The zero-order chi connectivity index (χ0) is 19.2. The summed E-state index contributed by atoms with van der Waals surface area (Å²) < 4.78 is 5.58. The van der Waals surface area contributed by atoms with Crippen LogP contribution in [-0.2, 0) is 11.3 Å². The maximum atomic E-state index is 12.7. The average molecular weight is 391 g/mol. The second-order valence-corrected chi connectivity index (χ2v) is 7.77. The Balaban J connectivity index is 1.49. The van der Waals surface area contributed by atoms with Crippen LogP contribution in [0, 0.1) is 0 Å². The zero-order valence-corrected chi connectivity index (χ0v) is 16.3. The summed E-state index contributed by atoms with van der Waals surface area (Å²) in [6, 6.07) is 24.0. The van der Waals surface area contributed by atoms with Crippen LogP contribution in [0.2, 0.25) is 0 Å². The summed E-state index contributed by atoms with van der Waals surface area (Å²) in [5.41, 5.74) is 2.08. The fraction of sp³-hybridized carbons (Fsp3) is 0.217. The summed E-state index contributed by atoms with van der Waals surface area (Å²) in [4.78, 5) is 20.3. The lowest BCUT2D eigenvalue weighted by Crippen LogP contribution is -2.31. The van der Waals surface area contributed by atoms with Crippen molar-refractivity contribution in [3.63, 3.8) is 0 Å². The van der Waals surface area contributed by atoms with Gasteiger partial charge in [-0.05, 0) is 36.6 Å². The largest absolute Gasteiger partial charge is 0.445 e. The fourth-order valence-corrected chi connectivity index (χ4v) is 4.41. The Morgan fingerprint density at radius 3 is 2.57 bits per heavy atom. The number of aromatic nitrogens is 1. The van der Waals surface area contributed by atoms with Crippen LogP contribution in [0.1, 0.15) is 30.0 Å². The van der Waals surface area contributed by atoms with Crippen molar-refractivity contribution in [2.45, 2.75) is 35.4 Å². The number of hydrogen-bond donors (Lipinski definition) is 0. The van der Waals surface area contributed by atoms with E-state index in [1.54, 1.807) is 11.8 Å². The number of rotatable bonds is 5. The Kier molecular flexibility index (Phi) is 5.92. The summed E-state index contributed by atoms with van der Waals surface area (Å²) in [6.07, 6.45) is 3.44. The van der Waals surface area contributed by atoms with Crippen LogP contribution in [-0.4, -0.2) is 22.5 Å². The topological polar surface area (TPSA) is 42.4 Å². The predicted molar refractivity (Wildman–Crippen MR) is 110 cm³/mol. The number of carbonyl (C=O) groups excluding carboxylic acids is 1. The van der Waals surface area contributed by atoms with Gasteiger partial charge in [-0.2, -0.15) is 0 Å². The molecule has 3 aromatic rings. The molecule has 0 N–H and O–H groups in total. The molecule has 1 aromatic heterocycles. The maximum Gasteiger partial charge on any atom is 0.410 e. The minimum absolute atomic E-state index is 0.00295. The van der Waals surface area contributed by atoms with Gasteiger partial charge in [0.15, 0.2) is 0 Å². The number of nitrogens with zero attached hydrogens (tertiary/aromatic N) is 2. The molecule has 0 spiro atoms. The molecule has 1 atom stereocenters. The SMILES string of the molecule is O=C(OCc1ccccc1)N1CCC[C@@H]1c1cccnc1Sc1ccccc1. The average Bonchev–Trinajstić information content (AvgIpc) is 3.24. The number of hydrogen-bond acceptors (Lipinski definition) is 4. The number of pyridine rings is 1. The van der Waals surface area contributed by atoms with Crippen LogP contribution in [0.25, 0.3) is 0 Å². The van der Waals surface area contributed by atoms with Gasteiger partial charge in [0.1, 0.15) is 11.6 Å². The number of benzene rings is 2. The fourth-order valence-electron chi connectivity index (χ4n) is 3.45. The van der Waals surface area contributed by atoms with E-state index in [1.165, 1.54) is 0 Å². The van der Waals surface area contributed by atoms with Gasteiger partial charge in [-0.25, -0.2) is 9.78 Å². The van der Waals surface area contributed by atoms with Crippen molar-refractivity contribution in [1.82, 2.24) is 9.88 Å². The summed E-state index contributed by atoms with van der Waals surface area (Å²) in [5, 5.41) is 0.946. The van der Waals surface area contributed by atoms with Gasteiger partial charge < -0.3 is 9.64 Å². The molecule has 2 aromatic carbocycles. The van der Waals surface area contributed by atoms with E-state index in [-0.39, 0.29) is 12.1 Å². The van der Waals surface area contributed by atoms with Gasteiger partial charge in [-0.3, -0.25) is 0 Å². The molecule has 142 valence electrons. The molecule has 4 rings (SSSR count). The Morgan fingerprint density at radius 1 is 1.04 bits per heavy atom. The molecule has 0 saturated carbocycles. The van der Waals surface area contributed by atoms with Crippen LogP contribution < -0.4 is 0 Å². The Bertz CT molecular complexity index is 918. The van der Waals surface area contributed by atoms with Crippen LogP contribution in [0.15, 0.2) is 88.9 Å². The van der Waals surface area contributed by atoms with Crippen LogP contribution in [0.5, 0.6) is 0 Å². The van der Waals surface area contributed by atoms with Gasteiger partial charge in [0.05, 0.1) is 6.04 Å². The first-order valence-electron chi connectivity index (χ1n) is 9.46. The van der Waals surface area contributed by atoms with E-state index in [2.05, 4.69) is 23.2 Å². The smallest absolute Gasteiger partial charge is 0.410 e. The van der Waals surface area contributed by atoms with E-state index in [0.717, 1.165) is 33.9 Å². The maximum absolute atomic E-state index is 12.7. The van der Waals surface area contributed by atoms with Crippen molar-refractivity contribution < 1.29 is 9.53 Å². The quantitative estimate of drug-likeness (QED) is 0.560. The molecule has 2 heterocycles. The highest BCUT2D eigenvalue weighted by atomic mass is 32.2. The lowest BCUT2D eigenvalue weighted by atomic mass is 10.1. The second kappa shape index (κ2) is 8.93. The highest BCUT2D eigenvalue weighted by Crippen LogP contribution is 2.38. The summed E-state index contributed by atoms with van der Waals surface area (Å²) in [5.74, 6) is 0. The molecule has 1 aliphatic heterocycles. The summed E-state index contributed by atoms with van der Waals surface area (Å²) in [6.45, 7) is 1.00. The van der Waals surface area contributed by atoms with Crippen molar-refractivity contribution >= 4 is 17.9 Å². The van der Waals surface area contributed by atoms with E-state index in [9.17, 15) is 4.79 Å². The lowest BCUT2D eigenvalue weighted by molar-refractivity contribution is 0.0916. The molecule has 4 nitrogen and oxygen atoms in total. The highest BCUT2D eigenvalue weighted by Gasteiger charge is 2.33. The molecule has 1 fully saturated rings. The second-order valence-electron chi connectivity index (χ2n) is 6.70. The Hall–Kier alpha value is -2.79. The minimum Gasteiger partial charge on any atom is -0.445 e. The van der Waals surface area contributed by atoms with Gasteiger partial charge in [0.25, 0.3) is 0 Å². The number of amides is 1. The molecule has 0 bridgehead atoms. The van der Waals surface area contributed by atoms with Crippen LogP contribution in [0.3, 0.4) is 0 Å². The van der Waals surface area contributed by atoms with Crippen LogP contribution >= 0.6 is 11.8 Å². The van der Waals surface area contributed by atoms with E-state index in [4.69, 9.17) is 4.74 Å². The monoisotopic (exact) mass is 390 g/mol. The van der Waals surface area contributed by atoms with E-state index in [0.29, 0.717) is 13.2 Å². The van der Waals surface area contributed by atoms with Gasteiger partial charge in [0, 0.05) is 23.2 Å². The van der Waals surface area contributed by atoms with Gasteiger partial charge in [-0.15, -0.1) is 0 Å². The molecule has 0 radical (unpaired) electrons. The minimum atomic E-state index is -0.258. The molecular formula is C23H22N2O2S. The summed E-state index contributed by atoms with van der Waals surface area (Å²) in [7, 11) is 0. The van der Waals surface area contributed by atoms with Crippen LogP contribution in [0.4, 0.5) is 4.79 Å². The molecule has 1 aliphatic rings. The van der Waals surface area contributed by atoms with E-state index < -0.39 is 0 Å². The zero-order valence-electron chi connectivity index (χ0n) is 15.5. The first kappa shape index (κ1) is 18.6. The van der Waals surface area contributed by atoms with Gasteiger partial charge >= 0.3 is 6.09 Å². The van der Waals surface area contributed by atoms with Crippen molar-refractivity contribution in [3.05, 3.63) is 90.1 Å². The van der Waals surface area contributed by atoms with Crippen molar-refractivity contribution in [3.8, 4) is 0 Å². The third-order valence-corrected chi connectivity index (χ3v) is 5.85. The van der Waals surface area contributed by atoms with E-state index >= 15 is 0 Å². The Labute approximate surface area is 169 Å². The number of carbonyl (C=O) groups is 1.